The number of rotatable bonds is 2. The lowest BCUT2D eigenvalue weighted by Gasteiger charge is -2.05. The van der Waals surface area contributed by atoms with Crippen molar-refractivity contribution in [3.63, 3.8) is 0 Å². The maximum atomic E-state index is 4.61. The van der Waals surface area contributed by atoms with Crippen molar-refractivity contribution in [3.8, 4) is 11.4 Å². The van der Waals surface area contributed by atoms with Gasteiger partial charge in [-0.2, -0.15) is 0 Å². The Kier molecular flexibility index (Phi) is 5.20. The zero-order valence-corrected chi connectivity index (χ0v) is 13.9. The Bertz CT molecular complexity index is 724. The number of halogens is 2. The third-order valence-corrected chi connectivity index (χ3v) is 3.12. The van der Waals surface area contributed by atoms with Crippen molar-refractivity contribution in [2.45, 2.75) is 6.92 Å². The average Bonchev–Trinajstić information content (AvgIpc) is 2.97. The Labute approximate surface area is 135 Å². The highest BCUT2D eigenvalue weighted by Gasteiger charge is 2.18. The van der Waals surface area contributed by atoms with Crippen LogP contribution in [0.15, 0.2) is 12.1 Å². The molecule has 2 aliphatic rings. The summed E-state index contributed by atoms with van der Waals surface area (Å²) in [6.45, 7) is 2.03. The van der Waals surface area contributed by atoms with E-state index in [1.54, 1.807) is 0 Å². The number of aryl methyl sites for hydroxylation is 1. The molecule has 1 aliphatic carbocycles. The maximum Gasteiger partial charge on any atom is 0.223 e. The number of aromatic nitrogens is 4. The van der Waals surface area contributed by atoms with Crippen LogP contribution in [-0.4, -0.2) is 41.1 Å². The molecular formula is C13H18Cl2N6. The molecule has 0 amide bonds. The molecule has 1 aromatic heterocycles. The van der Waals surface area contributed by atoms with Crippen LogP contribution in [0, 0.1) is 6.92 Å². The van der Waals surface area contributed by atoms with Crippen LogP contribution >= 0.6 is 24.8 Å². The molecule has 0 aromatic carbocycles. The number of nitrogens with zero attached hydrogens (tertiary/aromatic N) is 4. The molecule has 114 valence electrons. The topological polar surface area (TPSA) is 69.7 Å². The summed E-state index contributed by atoms with van der Waals surface area (Å²) in [5.74, 6) is 1.44. The largest absolute Gasteiger partial charge is 0.357 e. The lowest BCUT2D eigenvalue weighted by Crippen LogP contribution is -2.09. The molecule has 0 saturated carbocycles. The first-order chi connectivity index (χ1) is 9.10. The monoisotopic (exact) mass is 328 g/mol. The average molecular weight is 329 g/mol. The van der Waals surface area contributed by atoms with Crippen molar-refractivity contribution < 1.29 is 0 Å². The molecule has 0 saturated heterocycles. The Morgan fingerprint density at radius 3 is 2.33 bits per heavy atom. The Morgan fingerprint density at radius 1 is 1.05 bits per heavy atom. The minimum Gasteiger partial charge on any atom is -0.357 e. The fraction of sp³-hybridized carbons (Fsp3) is 0.308. The molecule has 6 nitrogen and oxygen atoms in total. The highest BCUT2D eigenvalue weighted by Crippen LogP contribution is 2.30. The van der Waals surface area contributed by atoms with Gasteiger partial charge in [0, 0.05) is 21.1 Å². The number of aromatic amines is 1. The van der Waals surface area contributed by atoms with Gasteiger partial charge in [-0.1, -0.05) is 6.07 Å². The molecule has 21 heavy (non-hydrogen) atoms. The normalized spacial score (nSPS) is 10.1. The molecule has 1 aliphatic heterocycles. The lowest BCUT2D eigenvalue weighted by molar-refractivity contribution is 1.05. The van der Waals surface area contributed by atoms with E-state index in [0.29, 0.717) is 5.95 Å². The molecule has 2 N–H and O–H groups in total. The zero-order chi connectivity index (χ0) is 13.6. The van der Waals surface area contributed by atoms with E-state index in [-0.39, 0.29) is 24.8 Å². The minimum absolute atomic E-state index is 0. The van der Waals surface area contributed by atoms with E-state index in [4.69, 9.17) is 0 Å². The van der Waals surface area contributed by atoms with Gasteiger partial charge in [0.1, 0.15) is 11.2 Å². The number of imidazole rings is 2. The van der Waals surface area contributed by atoms with Crippen LogP contribution in [0.2, 0.25) is 0 Å². The first kappa shape index (κ1) is 17.3. The van der Waals surface area contributed by atoms with Crippen LogP contribution in [0.5, 0.6) is 0 Å². The Hall–Kier alpha value is -1.79. The second-order valence-corrected chi connectivity index (χ2v) is 4.73. The number of hydrogen-bond acceptors (Lipinski definition) is 5. The second-order valence-electron chi connectivity index (χ2n) is 4.73. The van der Waals surface area contributed by atoms with Gasteiger partial charge in [-0.3, -0.25) is 0 Å². The minimum atomic E-state index is 0. The summed E-state index contributed by atoms with van der Waals surface area (Å²) in [6, 6.07) is 4.06. The van der Waals surface area contributed by atoms with Gasteiger partial charge in [0.2, 0.25) is 11.9 Å². The quantitative estimate of drug-likeness (QED) is 0.756. The first-order valence-electron chi connectivity index (χ1n) is 6.12. The van der Waals surface area contributed by atoms with Gasteiger partial charge in [-0.15, -0.1) is 24.8 Å². The van der Waals surface area contributed by atoms with E-state index >= 15 is 0 Å². The van der Waals surface area contributed by atoms with Gasteiger partial charge in [-0.25, -0.2) is 15.0 Å². The number of hydrogen-bond donors (Lipinski definition) is 2. The highest BCUT2D eigenvalue weighted by molar-refractivity contribution is 5.92. The fourth-order valence-electron chi connectivity index (χ4n) is 2.07. The smallest absolute Gasteiger partial charge is 0.223 e. The van der Waals surface area contributed by atoms with Gasteiger partial charge in [0.25, 0.3) is 0 Å². The van der Waals surface area contributed by atoms with Crippen LogP contribution < -0.4 is 10.2 Å². The summed E-state index contributed by atoms with van der Waals surface area (Å²) in [6.07, 6.45) is 0. The van der Waals surface area contributed by atoms with Gasteiger partial charge in [-0.05, 0) is 18.6 Å². The summed E-state index contributed by atoms with van der Waals surface area (Å²) < 4.78 is 0. The number of fused-ring (bicyclic) bond motifs is 3. The molecule has 0 fully saturated rings. The van der Waals surface area contributed by atoms with Gasteiger partial charge >= 0.3 is 0 Å². The predicted molar refractivity (Wildman–Crippen MR) is 91.4 cm³/mol. The van der Waals surface area contributed by atoms with Gasteiger partial charge < -0.3 is 15.2 Å². The molecule has 8 heteroatoms. The summed E-state index contributed by atoms with van der Waals surface area (Å²) in [5, 5.41) is 2.98. The highest BCUT2D eigenvalue weighted by atomic mass is 35.5. The summed E-state index contributed by atoms with van der Waals surface area (Å²) in [4.78, 5) is 18.8. The van der Waals surface area contributed by atoms with Crippen molar-refractivity contribution in [2.75, 3.05) is 31.4 Å². The summed E-state index contributed by atoms with van der Waals surface area (Å²) >= 11 is 0. The van der Waals surface area contributed by atoms with Crippen molar-refractivity contribution in [3.05, 3.63) is 17.7 Å². The molecule has 1 aromatic rings. The van der Waals surface area contributed by atoms with Crippen LogP contribution in [0.25, 0.3) is 22.4 Å². The third kappa shape index (κ3) is 2.82. The van der Waals surface area contributed by atoms with Crippen LogP contribution in [0.3, 0.4) is 0 Å². The molecule has 0 unspecified atom stereocenters. The number of H-pyrrole nitrogens is 1. The van der Waals surface area contributed by atoms with Crippen molar-refractivity contribution in [1.82, 2.24) is 19.9 Å². The van der Waals surface area contributed by atoms with Crippen LogP contribution in [0.4, 0.5) is 11.9 Å². The number of nitrogens with one attached hydrogen (secondary N) is 2. The van der Waals surface area contributed by atoms with Gasteiger partial charge in [0.05, 0.1) is 11.2 Å². The molecule has 0 spiro atoms. The fourth-order valence-corrected chi connectivity index (χ4v) is 2.07. The zero-order valence-electron chi connectivity index (χ0n) is 12.3. The van der Waals surface area contributed by atoms with Crippen molar-refractivity contribution in [2.24, 2.45) is 0 Å². The van der Waals surface area contributed by atoms with E-state index in [9.17, 15) is 0 Å². The molecule has 0 bridgehead atoms. The van der Waals surface area contributed by atoms with E-state index in [0.717, 1.165) is 33.9 Å². The third-order valence-electron chi connectivity index (χ3n) is 3.12. The van der Waals surface area contributed by atoms with Crippen molar-refractivity contribution >= 4 is 47.7 Å². The van der Waals surface area contributed by atoms with Crippen molar-refractivity contribution in [1.29, 1.82) is 0 Å². The molecule has 2 heterocycles. The maximum absolute atomic E-state index is 4.61. The van der Waals surface area contributed by atoms with E-state index in [2.05, 4.69) is 25.3 Å². The summed E-state index contributed by atoms with van der Waals surface area (Å²) in [5.41, 5.74) is 4.61. The molecule has 3 rings (SSSR count). The van der Waals surface area contributed by atoms with Crippen LogP contribution in [-0.2, 0) is 0 Å². The van der Waals surface area contributed by atoms with E-state index in [1.165, 1.54) is 0 Å². The van der Waals surface area contributed by atoms with E-state index in [1.807, 2.05) is 45.1 Å². The van der Waals surface area contributed by atoms with Gasteiger partial charge in [0.15, 0.2) is 0 Å². The van der Waals surface area contributed by atoms with E-state index < -0.39 is 0 Å². The first-order valence-corrected chi connectivity index (χ1v) is 6.12. The molecule has 0 radical (unpaired) electrons. The summed E-state index contributed by atoms with van der Waals surface area (Å²) in [7, 11) is 5.72. The van der Waals surface area contributed by atoms with Crippen LogP contribution in [0.1, 0.15) is 5.56 Å². The predicted octanol–water partition coefficient (Wildman–Crippen LogP) is 2.72. The standard InChI is InChI=1S/C13H16N6.2ClH/c1-7-5-6-8-10(18-13(15-8)19(3)4)11-9(7)16-12(14-2)17-11;;/h5-6H,1-4H3,(H,15,18)(H,14,16,17);2*1H. The SMILES string of the molecule is CNc1nc2c(C)ccc3[nH]c(N(C)C)nc3c-2n1.Cl.Cl. The Balaban J connectivity index is 0.00000110. The lowest BCUT2D eigenvalue weighted by atomic mass is 10.2. The molecule has 0 atom stereocenters. The number of anilines is 2. The Morgan fingerprint density at radius 2 is 1.71 bits per heavy atom. The second kappa shape index (κ2) is 6.32. The molecular weight excluding hydrogens is 311 g/mol.